The molecule has 0 unspecified atom stereocenters. The van der Waals surface area contributed by atoms with Crippen LogP contribution in [0.2, 0.25) is 0 Å². The van der Waals surface area contributed by atoms with Gasteiger partial charge in [-0.1, -0.05) is 6.07 Å². The topological polar surface area (TPSA) is 85.1 Å². The zero-order valence-electron chi connectivity index (χ0n) is 10.6. The monoisotopic (exact) mass is 357 g/mol. The number of nitrogens with zero attached hydrogens (tertiary/aromatic N) is 1. The number of thiazole rings is 1. The summed E-state index contributed by atoms with van der Waals surface area (Å²) in [6, 6.07) is 7.16. The van der Waals surface area contributed by atoms with Crippen LogP contribution in [0.5, 0.6) is 0 Å². The molecule has 0 aromatic carbocycles. The molecule has 110 valence electrons. The molecule has 0 bridgehead atoms. The molecule has 3 aromatic rings. The van der Waals surface area contributed by atoms with Crippen LogP contribution in [0.3, 0.4) is 0 Å². The molecule has 0 aliphatic carbocycles. The second-order valence-corrected chi connectivity index (χ2v) is 8.93. The predicted molar refractivity (Wildman–Crippen MR) is 88.4 cm³/mol. The van der Waals surface area contributed by atoms with Crippen molar-refractivity contribution in [2.24, 2.45) is 5.73 Å². The average molecular weight is 358 g/mol. The van der Waals surface area contributed by atoms with E-state index in [0.29, 0.717) is 11.7 Å². The highest BCUT2D eigenvalue weighted by Gasteiger charge is 2.17. The van der Waals surface area contributed by atoms with E-state index in [1.54, 1.807) is 28.8 Å². The number of nitrogens with one attached hydrogen (secondary N) is 1. The molecule has 3 rings (SSSR count). The fraction of sp³-hybridized carbons (Fsp3) is 0.0833. The summed E-state index contributed by atoms with van der Waals surface area (Å²) in [5.74, 6) is 0. The fourth-order valence-electron chi connectivity index (χ4n) is 1.64. The summed E-state index contributed by atoms with van der Waals surface area (Å²) in [5, 5.41) is 3.92. The molecule has 0 fully saturated rings. The Kier molecular flexibility index (Phi) is 4.09. The van der Waals surface area contributed by atoms with Crippen LogP contribution in [-0.4, -0.2) is 13.4 Å². The quantitative estimate of drug-likeness (QED) is 0.734. The number of hydrogen-bond acceptors (Lipinski definition) is 7. The highest BCUT2D eigenvalue weighted by molar-refractivity contribution is 7.94. The number of hydrogen-bond donors (Lipinski definition) is 2. The van der Waals surface area contributed by atoms with Crippen molar-refractivity contribution in [2.45, 2.75) is 10.8 Å². The first-order valence-corrected chi connectivity index (χ1v) is 9.95. The first-order chi connectivity index (χ1) is 10.1. The summed E-state index contributed by atoms with van der Waals surface area (Å²) in [6.45, 7) is 0.493. The Hall–Kier alpha value is -1.26. The lowest BCUT2D eigenvalue weighted by Crippen LogP contribution is -2.11. The molecule has 5 nitrogen and oxygen atoms in total. The van der Waals surface area contributed by atoms with Gasteiger partial charge in [0.15, 0.2) is 5.13 Å². The van der Waals surface area contributed by atoms with E-state index in [1.165, 1.54) is 22.7 Å². The summed E-state index contributed by atoms with van der Waals surface area (Å²) in [7, 11) is -3.54. The minimum absolute atomic E-state index is 0.279. The molecule has 3 N–H and O–H groups in total. The van der Waals surface area contributed by atoms with E-state index in [0.717, 1.165) is 15.4 Å². The summed E-state index contributed by atoms with van der Waals surface area (Å²) < 4.78 is 27.0. The molecule has 3 aromatic heterocycles. The van der Waals surface area contributed by atoms with Gasteiger partial charge in [-0.25, -0.2) is 13.4 Å². The van der Waals surface area contributed by atoms with E-state index in [1.807, 2.05) is 17.5 Å². The van der Waals surface area contributed by atoms with Gasteiger partial charge in [0, 0.05) is 16.8 Å². The number of thiophene rings is 2. The molecule has 3 heterocycles. The molecule has 0 aliphatic heterocycles. The highest BCUT2D eigenvalue weighted by Crippen LogP contribution is 2.31. The molecule has 9 heteroatoms. The maximum absolute atomic E-state index is 12.1. The number of anilines is 1. The van der Waals surface area contributed by atoms with Crippen LogP contribution < -0.4 is 10.5 Å². The molecule has 0 amide bonds. The maximum atomic E-state index is 12.1. The molecule has 0 aliphatic rings. The van der Waals surface area contributed by atoms with Crippen molar-refractivity contribution in [3.63, 3.8) is 0 Å². The lowest BCUT2D eigenvalue weighted by molar-refractivity contribution is 0.603. The van der Waals surface area contributed by atoms with Crippen molar-refractivity contribution in [3.05, 3.63) is 39.9 Å². The minimum atomic E-state index is -3.54. The summed E-state index contributed by atoms with van der Waals surface area (Å²) in [6.07, 6.45) is 0. The van der Waals surface area contributed by atoms with E-state index in [9.17, 15) is 8.42 Å². The van der Waals surface area contributed by atoms with Crippen LogP contribution in [0.1, 0.15) is 4.88 Å². The van der Waals surface area contributed by atoms with Gasteiger partial charge < -0.3 is 5.73 Å². The molecular formula is C12H11N3O2S4. The number of aromatic nitrogens is 1. The van der Waals surface area contributed by atoms with Gasteiger partial charge in [-0.2, -0.15) is 0 Å². The molecule has 0 spiro atoms. The van der Waals surface area contributed by atoms with Gasteiger partial charge in [0.25, 0.3) is 10.0 Å². The van der Waals surface area contributed by atoms with E-state index in [2.05, 4.69) is 9.71 Å². The van der Waals surface area contributed by atoms with E-state index in [-0.39, 0.29) is 4.21 Å². The lowest BCUT2D eigenvalue weighted by atomic mass is 10.4. The van der Waals surface area contributed by atoms with E-state index < -0.39 is 10.0 Å². The Morgan fingerprint density at radius 3 is 2.76 bits per heavy atom. The van der Waals surface area contributed by atoms with Gasteiger partial charge >= 0.3 is 0 Å². The van der Waals surface area contributed by atoms with Crippen molar-refractivity contribution in [3.8, 4) is 10.6 Å². The normalized spacial score (nSPS) is 11.7. The largest absolute Gasteiger partial charge is 0.326 e. The molecule has 0 radical (unpaired) electrons. The van der Waals surface area contributed by atoms with Crippen LogP contribution in [0.4, 0.5) is 5.13 Å². The fourth-order valence-corrected chi connectivity index (χ4v) is 5.52. The van der Waals surface area contributed by atoms with Gasteiger partial charge in [-0.15, -0.1) is 34.0 Å². The van der Waals surface area contributed by atoms with Crippen molar-refractivity contribution in [1.29, 1.82) is 0 Å². The molecular weight excluding hydrogens is 346 g/mol. The molecule has 0 atom stereocenters. The Morgan fingerprint density at radius 1 is 1.24 bits per heavy atom. The van der Waals surface area contributed by atoms with Crippen molar-refractivity contribution < 1.29 is 8.42 Å². The van der Waals surface area contributed by atoms with Crippen LogP contribution in [-0.2, 0) is 16.6 Å². The third-order valence-corrected chi connectivity index (χ3v) is 7.35. The summed E-state index contributed by atoms with van der Waals surface area (Å²) in [4.78, 5) is 6.37. The Bertz CT molecular complexity index is 834. The van der Waals surface area contributed by atoms with E-state index >= 15 is 0 Å². The average Bonchev–Trinajstić information content (AvgIpc) is 3.19. The van der Waals surface area contributed by atoms with Gasteiger partial charge in [-0.05, 0) is 23.6 Å². The smallest absolute Gasteiger partial charge is 0.273 e. The van der Waals surface area contributed by atoms with Crippen molar-refractivity contribution in [2.75, 3.05) is 4.72 Å². The van der Waals surface area contributed by atoms with Gasteiger partial charge in [-0.3, -0.25) is 4.72 Å². The highest BCUT2D eigenvalue weighted by atomic mass is 32.2. The Labute approximate surface area is 134 Å². The number of sulfonamides is 1. The SMILES string of the molecule is NCc1ccc(-c2csc(NS(=O)(=O)c3cccs3)n2)s1. The molecule has 0 saturated carbocycles. The van der Waals surface area contributed by atoms with E-state index in [4.69, 9.17) is 5.73 Å². The number of rotatable bonds is 5. The minimum Gasteiger partial charge on any atom is -0.326 e. The van der Waals surface area contributed by atoms with Gasteiger partial charge in [0.05, 0.1) is 10.6 Å². The first-order valence-electron chi connectivity index (χ1n) is 5.89. The summed E-state index contributed by atoms with van der Waals surface area (Å²) >= 11 is 4.00. The first kappa shape index (κ1) is 14.7. The van der Waals surface area contributed by atoms with Crippen LogP contribution >= 0.6 is 34.0 Å². The zero-order valence-corrected chi connectivity index (χ0v) is 13.9. The Morgan fingerprint density at radius 2 is 2.10 bits per heavy atom. The molecule has 0 saturated heterocycles. The summed E-state index contributed by atoms with van der Waals surface area (Å²) in [5.41, 5.74) is 6.34. The third kappa shape index (κ3) is 3.16. The van der Waals surface area contributed by atoms with Crippen LogP contribution in [0.25, 0.3) is 10.6 Å². The second kappa shape index (κ2) is 5.85. The molecule has 21 heavy (non-hydrogen) atoms. The van der Waals surface area contributed by atoms with Crippen molar-refractivity contribution >= 4 is 49.2 Å². The Balaban J connectivity index is 1.82. The standard InChI is InChI=1S/C12H11N3O2S4/c13-6-8-3-4-10(20-8)9-7-19-12(14-9)15-21(16,17)11-2-1-5-18-11/h1-5,7H,6,13H2,(H,14,15). The third-order valence-electron chi connectivity index (χ3n) is 2.60. The lowest BCUT2D eigenvalue weighted by Gasteiger charge is -2.01. The van der Waals surface area contributed by atoms with Gasteiger partial charge in [0.1, 0.15) is 4.21 Å². The maximum Gasteiger partial charge on any atom is 0.273 e. The zero-order chi connectivity index (χ0) is 14.9. The predicted octanol–water partition coefficient (Wildman–Crippen LogP) is 3.19. The van der Waals surface area contributed by atoms with Crippen LogP contribution in [0.15, 0.2) is 39.2 Å². The van der Waals surface area contributed by atoms with Crippen molar-refractivity contribution in [1.82, 2.24) is 4.98 Å². The second-order valence-electron chi connectivity index (χ2n) is 4.05. The van der Waals surface area contributed by atoms with Crippen LogP contribution in [0, 0.1) is 0 Å². The van der Waals surface area contributed by atoms with Gasteiger partial charge in [0.2, 0.25) is 0 Å². The number of nitrogens with two attached hydrogens (primary N) is 1.